The van der Waals surface area contributed by atoms with Crippen LogP contribution in [0.4, 0.5) is 13.2 Å². The standard InChI is InChI=1S/C28H27F3N2O5/c1-32-13-12-26-23-17-7-8-20(34)24(23)37-25(26)19(10-11-27(26,36)21(32)15-17)33(2)22(35)9-6-16-4-3-5-18(14-16)38-28(29,30)31/h3-11,14,19,21,25,34,36H,12-13,15H2,1-2H3/b9-6+/t19?,21-,25?,26+,27-/m1/s1. The molecule has 1 amide bonds. The highest BCUT2D eigenvalue weighted by molar-refractivity contribution is 5.92. The number of halogens is 3. The van der Waals surface area contributed by atoms with Crippen molar-refractivity contribution in [3.05, 3.63) is 71.3 Å². The monoisotopic (exact) mass is 528 g/mol. The first kappa shape index (κ1) is 24.8. The van der Waals surface area contributed by atoms with E-state index in [-0.39, 0.29) is 17.5 Å². The summed E-state index contributed by atoms with van der Waals surface area (Å²) in [4.78, 5) is 16.9. The Kier molecular flexibility index (Phi) is 5.39. The van der Waals surface area contributed by atoms with Crippen LogP contribution in [0, 0.1) is 0 Å². The molecule has 4 aliphatic rings. The molecular formula is C28H27F3N2O5. The molecule has 0 radical (unpaired) electrons. The summed E-state index contributed by atoms with van der Waals surface area (Å²) in [5.41, 5.74) is 0.121. The van der Waals surface area contributed by atoms with Crippen LogP contribution >= 0.6 is 0 Å². The number of carbonyl (C=O) groups excluding carboxylic acids is 1. The molecule has 2 aliphatic heterocycles. The summed E-state index contributed by atoms with van der Waals surface area (Å²) in [6.07, 6.45) is 2.00. The number of ether oxygens (including phenoxy) is 2. The molecule has 1 saturated heterocycles. The van der Waals surface area contributed by atoms with Crippen molar-refractivity contribution in [1.82, 2.24) is 9.80 Å². The van der Waals surface area contributed by atoms with Crippen molar-refractivity contribution in [2.45, 2.75) is 48.4 Å². The van der Waals surface area contributed by atoms with Crippen molar-refractivity contribution in [2.24, 2.45) is 0 Å². The normalized spacial score (nSPS) is 31.2. The molecule has 2 aromatic carbocycles. The number of hydrogen-bond acceptors (Lipinski definition) is 6. The second kappa shape index (κ2) is 8.25. The van der Waals surface area contributed by atoms with E-state index in [2.05, 4.69) is 9.64 Å². The summed E-state index contributed by atoms with van der Waals surface area (Å²) in [6.45, 7) is 0.718. The van der Waals surface area contributed by atoms with Crippen molar-refractivity contribution in [1.29, 1.82) is 0 Å². The molecule has 2 aromatic rings. The molecular weight excluding hydrogens is 501 g/mol. The van der Waals surface area contributed by atoms with Crippen molar-refractivity contribution in [3.8, 4) is 17.2 Å². The number of nitrogens with zero attached hydrogens (tertiary/aromatic N) is 2. The number of rotatable bonds is 4. The van der Waals surface area contributed by atoms with E-state index in [1.165, 1.54) is 35.3 Å². The van der Waals surface area contributed by atoms with Gasteiger partial charge < -0.3 is 24.6 Å². The molecule has 1 fully saturated rings. The third-order valence-electron chi connectivity index (χ3n) is 8.59. The van der Waals surface area contributed by atoms with Gasteiger partial charge in [0.15, 0.2) is 11.5 Å². The molecule has 2 aliphatic carbocycles. The fourth-order valence-electron chi connectivity index (χ4n) is 6.86. The Morgan fingerprint density at radius 3 is 2.84 bits per heavy atom. The summed E-state index contributed by atoms with van der Waals surface area (Å²) < 4.78 is 48.1. The molecule has 2 bridgehead atoms. The molecule has 2 heterocycles. The van der Waals surface area contributed by atoms with Gasteiger partial charge in [0.05, 0.1) is 11.5 Å². The summed E-state index contributed by atoms with van der Waals surface area (Å²) in [6, 6.07) is 8.10. The molecule has 6 rings (SSSR count). The van der Waals surface area contributed by atoms with Crippen molar-refractivity contribution in [2.75, 3.05) is 20.6 Å². The van der Waals surface area contributed by atoms with E-state index in [0.29, 0.717) is 24.2 Å². The molecule has 38 heavy (non-hydrogen) atoms. The minimum Gasteiger partial charge on any atom is -0.504 e. The number of aromatic hydroxyl groups is 1. The maximum absolute atomic E-state index is 13.2. The van der Waals surface area contributed by atoms with Gasteiger partial charge in [-0.2, -0.15) is 0 Å². The van der Waals surface area contributed by atoms with E-state index in [0.717, 1.165) is 17.7 Å². The highest BCUT2D eigenvalue weighted by atomic mass is 19.4. The number of piperidine rings is 1. The van der Waals surface area contributed by atoms with Crippen LogP contribution in [-0.4, -0.2) is 76.7 Å². The van der Waals surface area contributed by atoms with Gasteiger partial charge in [-0.05, 0) is 61.8 Å². The minimum absolute atomic E-state index is 0.000774. The first-order valence-electron chi connectivity index (χ1n) is 12.4. The second-order valence-corrected chi connectivity index (χ2v) is 10.5. The number of likely N-dealkylation sites (tertiary alicyclic amines) is 1. The van der Waals surface area contributed by atoms with Crippen LogP contribution in [0.3, 0.4) is 0 Å². The Morgan fingerprint density at radius 2 is 2.08 bits per heavy atom. The van der Waals surface area contributed by atoms with Crippen molar-refractivity contribution < 1.29 is 37.7 Å². The van der Waals surface area contributed by atoms with E-state index in [4.69, 9.17) is 4.74 Å². The molecule has 5 atom stereocenters. The van der Waals surface area contributed by atoms with Crippen LogP contribution in [0.1, 0.15) is 23.1 Å². The summed E-state index contributed by atoms with van der Waals surface area (Å²) in [7, 11) is 3.61. The Balaban J connectivity index is 1.32. The first-order chi connectivity index (χ1) is 17.9. The number of benzene rings is 2. The zero-order valence-electron chi connectivity index (χ0n) is 20.8. The van der Waals surface area contributed by atoms with Crippen molar-refractivity contribution >= 4 is 12.0 Å². The molecule has 7 nitrogen and oxygen atoms in total. The number of aliphatic hydroxyl groups is 1. The zero-order chi connectivity index (χ0) is 27.0. The van der Waals surface area contributed by atoms with Crippen LogP contribution in [0.5, 0.6) is 17.2 Å². The fourth-order valence-corrected chi connectivity index (χ4v) is 6.86. The highest BCUT2D eigenvalue weighted by Gasteiger charge is 2.71. The van der Waals surface area contributed by atoms with E-state index in [9.17, 15) is 28.2 Å². The highest BCUT2D eigenvalue weighted by Crippen LogP contribution is 2.64. The Bertz CT molecular complexity index is 1370. The number of carbonyl (C=O) groups is 1. The average molecular weight is 529 g/mol. The topological polar surface area (TPSA) is 82.5 Å². The Labute approximate surface area is 217 Å². The number of hydrogen-bond donors (Lipinski definition) is 2. The molecule has 2 unspecified atom stereocenters. The lowest BCUT2D eigenvalue weighted by atomic mass is 9.50. The quantitative estimate of drug-likeness (QED) is 0.468. The van der Waals surface area contributed by atoms with Crippen LogP contribution in [-0.2, 0) is 16.6 Å². The predicted octanol–water partition coefficient (Wildman–Crippen LogP) is 3.39. The van der Waals surface area contributed by atoms with E-state index < -0.39 is 35.4 Å². The zero-order valence-corrected chi connectivity index (χ0v) is 20.8. The van der Waals surface area contributed by atoms with Crippen LogP contribution in [0.15, 0.2) is 54.6 Å². The van der Waals surface area contributed by atoms with Gasteiger partial charge in [0.25, 0.3) is 0 Å². The molecule has 1 spiro atoms. The minimum atomic E-state index is -4.81. The van der Waals surface area contributed by atoms with Gasteiger partial charge in [-0.15, -0.1) is 13.2 Å². The number of phenols is 1. The smallest absolute Gasteiger partial charge is 0.504 e. The Hall–Kier alpha value is -3.50. The SMILES string of the molecule is CN(C(=O)/C=C/c1cccc(OC(F)(F)F)c1)C1C=C[C@@]2(O)[C@H]3Cc4ccc(O)c5c4[C@@]2(CCN3C)C1O5. The average Bonchev–Trinajstić information content (AvgIpc) is 3.21. The Morgan fingerprint density at radius 1 is 1.29 bits per heavy atom. The third kappa shape index (κ3) is 3.46. The third-order valence-corrected chi connectivity index (χ3v) is 8.59. The maximum atomic E-state index is 13.2. The number of amides is 1. The van der Waals surface area contributed by atoms with Crippen LogP contribution in [0.2, 0.25) is 0 Å². The lowest BCUT2D eigenvalue weighted by Gasteiger charge is -2.62. The summed E-state index contributed by atoms with van der Waals surface area (Å²) in [5, 5.41) is 22.8. The lowest BCUT2D eigenvalue weighted by molar-refractivity contribution is -0.274. The van der Waals surface area contributed by atoms with Gasteiger partial charge in [0, 0.05) is 24.7 Å². The van der Waals surface area contributed by atoms with Gasteiger partial charge in [0.2, 0.25) is 5.91 Å². The summed E-state index contributed by atoms with van der Waals surface area (Å²) in [5.74, 6) is -0.412. The largest absolute Gasteiger partial charge is 0.573 e. The molecule has 0 aromatic heterocycles. The first-order valence-corrected chi connectivity index (χ1v) is 12.4. The number of alkyl halides is 3. The van der Waals surface area contributed by atoms with Gasteiger partial charge in [-0.3, -0.25) is 9.69 Å². The van der Waals surface area contributed by atoms with Crippen molar-refractivity contribution in [3.63, 3.8) is 0 Å². The van der Waals surface area contributed by atoms with Crippen LogP contribution in [0.25, 0.3) is 6.08 Å². The summed E-state index contributed by atoms with van der Waals surface area (Å²) >= 11 is 0. The maximum Gasteiger partial charge on any atom is 0.573 e. The van der Waals surface area contributed by atoms with E-state index >= 15 is 0 Å². The molecule has 2 N–H and O–H groups in total. The van der Waals surface area contributed by atoms with Gasteiger partial charge in [0.1, 0.15) is 17.5 Å². The molecule has 0 saturated carbocycles. The molecule has 200 valence electrons. The number of likely N-dealkylation sites (N-methyl/N-ethyl adjacent to an activating group) is 2. The fraction of sp³-hybridized carbons (Fsp3) is 0.393. The van der Waals surface area contributed by atoms with Gasteiger partial charge in [-0.25, -0.2) is 0 Å². The second-order valence-electron chi connectivity index (χ2n) is 10.5. The van der Waals surface area contributed by atoms with Crippen LogP contribution < -0.4 is 9.47 Å². The number of phenolic OH excluding ortho intramolecular Hbond substituents is 1. The molecule has 10 heteroatoms. The van der Waals surface area contributed by atoms with E-state index in [1.807, 2.05) is 13.1 Å². The van der Waals surface area contributed by atoms with Gasteiger partial charge in [-0.1, -0.05) is 30.4 Å². The lowest BCUT2D eigenvalue weighted by Crippen LogP contribution is -2.76. The van der Waals surface area contributed by atoms with E-state index in [1.54, 1.807) is 31.3 Å². The predicted molar refractivity (Wildman–Crippen MR) is 132 cm³/mol. The van der Waals surface area contributed by atoms with Gasteiger partial charge >= 0.3 is 6.36 Å².